The zero-order valence-corrected chi connectivity index (χ0v) is 21.0. The topological polar surface area (TPSA) is 114 Å². The molecule has 0 aliphatic carbocycles. The Morgan fingerprint density at radius 1 is 1.22 bits per heavy atom. The highest BCUT2D eigenvalue weighted by Gasteiger charge is 2.33. The second-order valence-electron chi connectivity index (χ2n) is 9.20. The van der Waals surface area contributed by atoms with Crippen molar-refractivity contribution in [1.82, 2.24) is 25.1 Å². The third kappa shape index (κ3) is 7.13. The third-order valence-electron chi connectivity index (χ3n) is 6.68. The van der Waals surface area contributed by atoms with E-state index in [4.69, 9.17) is 9.47 Å². The van der Waals surface area contributed by atoms with E-state index in [1.54, 1.807) is 12.0 Å². The Hall–Kier alpha value is -3.79. The van der Waals surface area contributed by atoms with Crippen molar-refractivity contribution in [3.05, 3.63) is 66.3 Å². The predicted octanol–water partition coefficient (Wildman–Crippen LogP) is 1.68. The molecule has 10 nitrogen and oxygen atoms in total. The van der Waals surface area contributed by atoms with Gasteiger partial charge in [-0.15, -0.1) is 0 Å². The van der Waals surface area contributed by atoms with E-state index in [2.05, 4.69) is 21.4 Å². The predicted molar refractivity (Wildman–Crippen MR) is 136 cm³/mol. The highest BCUT2D eigenvalue weighted by molar-refractivity contribution is 5.94. The van der Waals surface area contributed by atoms with E-state index in [0.717, 1.165) is 5.56 Å². The van der Waals surface area contributed by atoms with Gasteiger partial charge in [-0.3, -0.25) is 19.4 Å². The number of amides is 3. The molecular formula is C27H33N5O5. The average molecular weight is 508 g/mol. The molecule has 1 saturated heterocycles. The zero-order valence-electron chi connectivity index (χ0n) is 21.0. The lowest BCUT2D eigenvalue weighted by Gasteiger charge is -2.38. The summed E-state index contributed by atoms with van der Waals surface area (Å²) in [6, 6.07) is 7.49. The number of methoxy groups -OCH3 is 1. The van der Waals surface area contributed by atoms with Crippen molar-refractivity contribution in [1.29, 1.82) is 0 Å². The van der Waals surface area contributed by atoms with E-state index in [1.165, 1.54) is 23.5 Å². The van der Waals surface area contributed by atoms with Crippen molar-refractivity contribution >= 4 is 17.7 Å². The minimum absolute atomic E-state index is 0.00499. The van der Waals surface area contributed by atoms with Crippen molar-refractivity contribution < 1.29 is 23.9 Å². The zero-order chi connectivity index (χ0) is 26.0. The Kier molecular flexibility index (Phi) is 9.20. The molecule has 0 spiro atoms. The molecule has 10 heteroatoms. The van der Waals surface area contributed by atoms with Crippen LogP contribution in [0.5, 0.6) is 5.75 Å². The molecule has 2 bridgehead atoms. The van der Waals surface area contributed by atoms with Gasteiger partial charge in [0.1, 0.15) is 24.6 Å². The molecule has 1 N–H and O–H groups in total. The fourth-order valence-corrected chi connectivity index (χ4v) is 4.71. The summed E-state index contributed by atoms with van der Waals surface area (Å²) in [6.07, 6.45) is 9.43. The summed E-state index contributed by atoms with van der Waals surface area (Å²) in [5.74, 6) is 0.198. The Labute approximate surface area is 216 Å². The molecule has 2 aliphatic rings. The smallest absolute Gasteiger partial charge is 0.274 e. The summed E-state index contributed by atoms with van der Waals surface area (Å²) in [7, 11) is 1.60. The second-order valence-corrected chi connectivity index (χ2v) is 9.20. The van der Waals surface area contributed by atoms with Crippen LogP contribution in [0.3, 0.4) is 0 Å². The Bertz CT molecular complexity index is 1110. The van der Waals surface area contributed by atoms with Gasteiger partial charge in [-0.1, -0.05) is 30.4 Å². The van der Waals surface area contributed by atoms with Gasteiger partial charge >= 0.3 is 0 Å². The van der Waals surface area contributed by atoms with Crippen LogP contribution < -0.4 is 10.1 Å². The van der Waals surface area contributed by atoms with Crippen molar-refractivity contribution in [2.45, 2.75) is 19.4 Å². The summed E-state index contributed by atoms with van der Waals surface area (Å²) in [5, 5.41) is 2.89. The molecule has 196 valence electrons. The number of nitrogens with one attached hydrogen (secondary N) is 1. The van der Waals surface area contributed by atoms with Crippen LogP contribution in [-0.4, -0.2) is 84.0 Å². The number of hydrogen-bond donors (Lipinski definition) is 1. The maximum atomic E-state index is 13.4. The first-order valence-corrected chi connectivity index (χ1v) is 12.5. The summed E-state index contributed by atoms with van der Waals surface area (Å²) in [4.78, 5) is 50.7. The van der Waals surface area contributed by atoms with E-state index < -0.39 is 0 Å². The number of carbonyl (C=O) groups excluding carboxylic acids is 3. The van der Waals surface area contributed by atoms with Crippen molar-refractivity contribution in [2.24, 2.45) is 11.8 Å². The number of fused-ring (bicyclic) bond motifs is 3. The number of hydrogen-bond acceptors (Lipinski definition) is 7. The number of aromatic nitrogens is 2. The van der Waals surface area contributed by atoms with Gasteiger partial charge in [0.2, 0.25) is 11.8 Å². The summed E-state index contributed by atoms with van der Waals surface area (Å²) in [5.41, 5.74) is 0.972. The number of para-hydroxylation sites is 1. The molecule has 0 radical (unpaired) electrons. The SMILES string of the molecule is COCCNC(=O)C[C@@H]1CCN2C[C@@H]1/C=C\COc1ccccc1CN(C(=O)c1cnccn1)CC2=O. The normalized spacial score (nSPS) is 20.9. The van der Waals surface area contributed by atoms with E-state index >= 15 is 0 Å². The molecular weight excluding hydrogens is 474 g/mol. The quantitative estimate of drug-likeness (QED) is 0.468. The summed E-state index contributed by atoms with van der Waals surface area (Å²) < 4.78 is 11.0. The Morgan fingerprint density at radius 3 is 2.89 bits per heavy atom. The standard InChI is InChI=1S/C27H33N5O5/c1-36-14-11-30-25(33)15-20-8-12-31-17-21(20)6-4-13-37-24-7-3-2-5-22(24)18-32(19-26(31)34)27(35)23-16-28-9-10-29-23/h2-7,9-10,16,20-21H,8,11-15,17-19H2,1H3,(H,30,33)/b6-4-/t20-,21-/m0/s1. The number of piperidine rings is 1. The van der Waals surface area contributed by atoms with Gasteiger partial charge in [0.05, 0.1) is 19.3 Å². The molecule has 3 amide bonds. The molecule has 1 aromatic heterocycles. The Balaban J connectivity index is 1.56. The van der Waals surface area contributed by atoms with Crippen LogP contribution >= 0.6 is 0 Å². The van der Waals surface area contributed by atoms with Gasteiger partial charge in [0.25, 0.3) is 5.91 Å². The minimum atomic E-state index is -0.372. The monoisotopic (exact) mass is 507 g/mol. The van der Waals surface area contributed by atoms with Crippen LogP contribution in [0.4, 0.5) is 0 Å². The molecule has 3 heterocycles. The third-order valence-corrected chi connectivity index (χ3v) is 6.68. The molecule has 2 aromatic rings. The fraction of sp³-hybridized carbons (Fsp3) is 0.444. The van der Waals surface area contributed by atoms with Crippen LogP contribution in [-0.2, 0) is 20.9 Å². The maximum absolute atomic E-state index is 13.4. The fourth-order valence-electron chi connectivity index (χ4n) is 4.71. The number of rotatable bonds is 6. The van der Waals surface area contributed by atoms with E-state index in [0.29, 0.717) is 51.4 Å². The first-order chi connectivity index (χ1) is 18.0. The van der Waals surface area contributed by atoms with Gasteiger partial charge in [-0.2, -0.15) is 0 Å². The largest absolute Gasteiger partial charge is 0.489 e. The minimum Gasteiger partial charge on any atom is -0.489 e. The van der Waals surface area contributed by atoms with Crippen molar-refractivity contribution in [3.63, 3.8) is 0 Å². The summed E-state index contributed by atoms with van der Waals surface area (Å²) in [6.45, 7) is 2.38. The molecule has 2 aliphatic heterocycles. The van der Waals surface area contributed by atoms with Gasteiger partial charge < -0.3 is 24.6 Å². The molecule has 0 unspecified atom stereocenters. The van der Waals surface area contributed by atoms with Crippen LogP contribution in [0.1, 0.15) is 28.9 Å². The van der Waals surface area contributed by atoms with Gasteiger partial charge in [-0.05, 0) is 24.3 Å². The van der Waals surface area contributed by atoms with Crippen LogP contribution in [0, 0.1) is 11.8 Å². The van der Waals surface area contributed by atoms with Crippen LogP contribution in [0.15, 0.2) is 55.0 Å². The highest BCUT2D eigenvalue weighted by atomic mass is 16.5. The van der Waals surface area contributed by atoms with Gasteiger partial charge in [-0.25, -0.2) is 4.98 Å². The first-order valence-electron chi connectivity index (χ1n) is 12.5. The lowest BCUT2D eigenvalue weighted by molar-refractivity contribution is -0.134. The average Bonchev–Trinajstić information content (AvgIpc) is 2.92. The Morgan fingerprint density at radius 2 is 2.08 bits per heavy atom. The first kappa shape index (κ1) is 26.3. The van der Waals surface area contributed by atoms with Crippen LogP contribution in [0.25, 0.3) is 0 Å². The number of nitrogens with zero attached hydrogens (tertiary/aromatic N) is 4. The van der Waals surface area contributed by atoms with E-state index in [-0.39, 0.29) is 48.3 Å². The van der Waals surface area contributed by atoms with Gasteiger partial charge in [0, 0.05) is 51.1 Å². The lowest BCUT2D eigenvalue weighted by Crippen LogP contribution is -2.48. The molecule has 1 aromatic carbocycles. The molecule has 2 atom stereocenters. The number of ether oxygens (including phenoxy) is 2. The van der Waals surface area contributed by atoms with E-state index in [1.807, 2.05) is 30.3 Å². The van der Waals surface area contributed by atoms with Gasteiger partial charge in [0.15, 0.2) is 0 Å². The maximum Gasteiger partial charge on any atom is 0.274 e. The van der Waals surface area contributed by atoms with Crippen molar-refractivity contribution in [2.75, 3.05) is 46.5 Å². The molecule has 37 heavy (non-hydrogen) atoms. The van der Waals surface area contributed by atoms with E-state index in [9.17, 15) is 14.4 Å². The van der Waals surface area contributed by atoms with Crippen molar-refractivity contribution in [3.8, 4) is 5.75 Å². The molecule has 1 fully saturated rings. The summed E-state index contributed by atoms with van der Waals surface area (Å²) >= 11 is 0. The highest BCUT2D eigenvalue weighted by Crippen LogP contribution is 2.29. The molecule has 0 saturated carbocycles. The second kappa shape index (κ2) is 13.0. The van der Waals surface area contributed by atoms with Crippen LogP contribution in [0.2, 0.25) is 0 Å². The molecule has 4 rings (SSSR count). The number of benzene rings is 1. The lowest BCUT2D eigenvalue weighted by atomic mass is 9.82. The number of carbonyl (C=O) groups is 3.